The number of benzene rings is 2. The first kappa shape index (κ1) is 31.4. The first-order valence-electron chi connectivity index (χ1n) is 14.5. The van der Waals surface area contributed by atoms with E-state index in [0.29, 0.717) is 17.2 Å². The van der Waals surface area contributed by atoms with Gasteiger partial charge < -0.3 is 15.6 Å². The van der Waals surface area contributed by atoms with Crippen LogP contribution in [0.15, 0.2) is 47.4 Å². The van der Waals surface area contributed by atoms with E-state index >= 15 is 0 Å². The van der Waals surface area contributed by atoms with Crippen LogP contribution in [0.3, 0.4) is 0 Å². The quantitative estimate of drug-likeness (QED) is 0.240. The lowest BCUT2D eigenvalue weighted by molar-refractivity contribution is 0.0696. The molecular weight excluding hydrogens is 552 g/mol. The average Bonchev–Trinajstić information content (AvgIpc) is 3.41. The van der Waals surface area contributed by atoms with Crippen LogP contribution in [0.5, 0.6) is 5.88 Å². The number of aromatic carboxylic acids is 1. The number of anilines is 1. The minimum Gasteiger partial charge on any atom is -0.478 e. The number of nitrogens with zero attached hydrogens (tertiary/aromatic N) is 2. The Kier molecular flexibility index (Phi) is 9.57. The molecule has 4 rings (SSSR count). The van der Waals surface area contributed by atoms with E-state index in [1.165, 1.54) is 43.9 Å². The second-order valence-corrected chi connectivity index (χ2v) is 14.2. The Balaban J connectivity index is 1.78. The molecule has 0 spiro atoms. The van der Waals surface area contributed by atoms with Gasteiger partial charge in [0.1, 0.15) is 6.61 Å². The molecule has 42 heavy (non-hydrogen) atoms. The summed E-state index contributed by atoms with van der Waals surface area (Å²) in [5.74, 6) is -0.543. The van der Waals surface area contributed by atoms with Crippen molar-refractivity contribution in [1.82, 2.24) is 9.97 Å². The van der Waals surface area contributed by atoms with Crippen LogP contribution in [0.2, 0.25) is 0 Å². The number of aromatic nitrogens is 2. The number of nitrogens with two attached hydrogens (primary N) is 1. The largest absolute Gasteiger partial charge is 0.478 e. The summed E-state index contributed by atoms with van der Waals surface area (Å²) in [6.45, 7) is 10.4. The molecule has 1 aliphatic rings. The fourth-order valence-corrected chi connectivity index (χ4v) is 6.68. The Morgan fingerprint density at radius 2 is 1.81 bits per heavy atom. The smallest absolute Gasteiger partial charge is 0.335 e. The van der Waals surface area contributed by atoms with Gasteiger partial charge in [0.05, 0.1) is 16.2 Å². The lowest BCUT2D eigenvalue weighted by Crippen LogP contribution is -2.32. The third-order valence-corrected chi connectivity index (χ3v) is 8.93. The van der Waals surface area contributed by atoms with Crippen molar-refractivity contribution in [2.45, 2.75) is 84.1 Å². The van der Waals surface area contributed by atoms with Gasteiger partial charge in [-0.15, -0.1) is 0 Å². The molecule has 3 aromatic rings. The predicted octanol–water partition coefficient (Wildman–Crippen LogP) is 6.13. The fourth-order valence-electron chi connectivity index (χ4n) is 5.70. The Hall–Kier alpha value is -3.50. The second kappa shape index (κ2) is 12.8. The zero-order valence-electron chi connectivity index (χ0n) is 25.1. The number of hydrogen-bond donors (Lipinski definition) is 3. The van der Waals surface area contributed by atoms with Crippen molar-refractivity contribution in [3.8, 4) is 17.1 Å². The number of ether oxygens (including phenoxy) is 1. The Labute approximate surface area is 249 Å². The summed E-state index contributed by atoms with van der Waals surface area (Å²) in [4.78, 5) is 20.4. The first-order chi connectivity index (χ1) is 19.7. The van der Waals surface area contributed by atoms with Crippen LogP contribution in [0.25, 0.3) is 11.3 Å². The minimum absolute atomic E-state index is 0.0101. The molecule has 10 heteroatoms. The van der Waals surface area contributed by atoms with Crippen molar-refractivity contribution in [3.63, 3.8) is 0 Å². The molecule has 1 aromatic heterocycles. The molecule has 1 saturated carbocycles. The molecule has 226 valence electrons. The summed E-state index contributed by atoms with van der Waals surface area (Å²) < 4.78 is 35.3. The van der Waals surface area contributed by atoms with Gasteiger partial charge in [0.2, 0.25) is 11.8 Å². The van der Waals surface area contributed by atoms with Gasteiger partial charge in [-0.2, -0.15) is 4.98 Å². The van der Waals surface area contributed by atoms with Gasteiger partial charge >= 0.3 is 5.97 Å². The molecule has 1 heterocycles. The first-order valence-corrected chi connectivity index (χ1v) is 15.9. The molecule has 9 nitrogen and oxygen atoms in total. The minimum atomic E-state index is -4.21. The maximum Gasteiger partial charge on any atom is 0.335 e. The third kappa shape index (κ3) is 7.86. The molecule has 1 aliphatic carbocycles. The van der Waals surface area contributed by atoms with Gasteiger partial charge in [-0.3, -0.25) is 0 Å². The van der Waals surface area contributed by atoms with Crippen LogP contribution in [0, 0.1) is 25.2 Å². The molecule has 0 radical (unpaired) electrons. The number of nitrogens with one attached hydrogen (secondary N) is 1. The molecular formula is C32H42N4O5S. The van der Waals surface area contributed by atoms with Crippen LogP contribution in [0.4, 0.5) is 5.95 Å². The molecule has 0 bridgehead atoms. The monoisotopic (exact) mass is 594 g/mol. The van der Waals surface area contributed by atoms with Crippen LogP contribution < -0.4 is 15.2 Å². The van der Waals surface area contributed by atoms with Crippen LogP contribution in [0.1, 0.15) is 79.9 Å². The number of carboxylic acids is 1. The number of hydrogen-bond acceptors (Lipinski definition) is 7. The van der Waals surface area contributed by atoms with Crippen LogP contribution >= 0.6 is 0 Å². The van der Waals surface area contributed by atoms with E-state index in [4.69, 9.17) is 15.5 Å². The number of rotatable bonds is 11. The van der Waals surface area contributed by atoms with Gasteiger partial charge in [0.15, 0.2) is 0 Å². The van der Waals surface area contributed by atoms with E-state index in [1.54, 1.807) is 0 Å². The lowest BCUT2D eigenvalue weighted by atomic mass is 9.89. The summed E-state index contributed by atoms with van der Waals surface area (Å²) in [5, 5.41) is 9.36. The van der Waals surface area contributed by atoms with E-state index in [-0.39, 0.29) is 40.4 Å². The van der Waals surface area contributed by atoms with Crippen molar-refractivity contribution >= 4 is 21.9 Å². The van der Waals surface area contributed by atoms with E-state index in [0.717, 1.165) is 35.6 Å². The molecule has 1 atom stereocenters. The van der Waals surface area contributed by atoms with Gasteiger partial charge in [0.25, 0.3) is 10.0 Å². The number of sulfonamides is 1. The second-order valence-electron chi connectivity index (χ2n) is 12.6. The number of aryl methyl sites for hydroxylation is 1. The Bertz CT molecular complexity index is 1540. The topological polar surface area (TPSA) is 144 Å². The average molecular weight is 595 g/mol. The van der Waals surface area contributed by atoms with Crippen molar-refractivity contribution in [3.05, 3.63) is 64.7 Å². The van der Waals surface area contributed by atoms with E-state index in [2.05, 4.69) is 36.5 Å². The van der Waals surface area contributed by atoms with E-state index in [9.17, 15) is 18.3 Å². The highest BCUT2D eigenvalue weighted by Gasteiger charge is 2.25. The predicted molar refractivity (Wildman–Crippen MR) is 164 cm³/mol. The third-order valence-electron chi connectivity index (χ3n) is 7.61. The van der Waals surface area contributed by atoms with Crippen LogP contribution in [-0.4, -0.2) is 42.1 Å². The zero-order chi connectivity index (χ0) is 30.7. The van der Waals surface area contributed by atoms with Crippen molar-refractivity contribution in [2.24, 2.45) is 17.1 Å². The molecule has 2 aromatic carbocycles. The summed E-state index contributed by atoms with van der Waals surface area (Å²) in [5.41, 5.74) is 10.6. The highest BCUT2D eigenvalue weighted by Crippen LogP contribution is 2.37. The Morgan fingerprint density at radius 3 is 2.48 bits per heavy atom. The summed E-state index contributed by atoms with van der Waals surface area (Å²) in [6, 6.07) is 11.1. The van der Waals surface area contributed by atoms with Gasteiger partial charge in [-0.1, -0.05) is 70.7 Å². The van der Waals surface area contributed by atoms with Gasteiger partial charge in [-0.05, 0) is 67.3 Å². The van der Waals surface area contributed by atoms with Crippen molar-refractivity contribution in [2.75, 3.05) is 11.3 Å². The summed E-state index contributed by atoms with van der Waals surface area (Å²) in [6.07, 6.45) is 6.50. The fraction of sp³-hybridized carbons (Fsp3) is 0.469. The molecule has 0 aliphatic heterocycles. The number of carbonyl (C=O) groups is 1. The van der Waals surface area contributed by atoms with Crippen LogP contribution in [-0.2, 0) is 16.4 Å². The maximum atomic E-state index is 13.4. The summed E-state index contributed by atoms with van der Waals surface area (Å²) >= 11 is 0. The van der Waals surface area contributed by atoms with Gasteiger partial charge in [-0.25, -0.2) is 22.9 Å². The normalized spacial score (nSPS) is 15.0. The SMILES string of the molecule is Cc1cccc(CC2CCCC2)c1-c1nc(NS(=O)(=O)c2cccc(C(=O)O)c2)nc(OCC(N)CC(C)(C)C)c1C. The van der Waals surface area contributed by atoms with E-state index < -0.39 is 16.0 Å². The Morgan fingerprint density at radius 1 is 1.12 bits per heavy atom. The standard InChI is InChI=1S/C32H42N4O5S/c1-20-10-8-13-23(16-22-11-6-7-12-22)27(20)28-21(2)29(41-19-25(33)18-32(3,4)5)35-31(34-28)36-42(39,40)26-15-9-14-24(17-26)30(37)38/h8-10,13-15,17,22,25H,6-7,11-12,16,18-19,33H2,1-5H3,(H,37,38)(H,34,35,36). The molecule has 1 fully saturated rings. The lowest BCUT2D eigenvalue weighted by Gasteiger charge is -2.24. The molecule has 0 saturated heterocycles. The highest BCUT2D eigenvalue weighted by atomic mass is 32.2. The van der Waals surface area contributed by atoms with Crippen molar-refractivity contribution < 1.29 is 23.1 Å². The van der Waals surface area contributed by atoms with Crippen molar-refractivity contribution in [1.29, 1.82) is 0 Å². The summed E-state index contributed by atoms with van der Waals surface area (Å²) in [7, 11) is -4.21. The zero-order valence-corrected chi connectivity index (χ0v) is 25.9. The molecule has 4 N–H and O–H groups in total. The highest BCUT2D eigenvalue weighted by molar-refractivity contribution is 7.92. The van der Waals surface area contributed by atoms with E-state index in [1.807, 2.05) is 26.0 Å². The number of carboxylic acid groups (broad SMARTS) is 1. The molecule has 0 amide bonds. The van der Waals surface area contributed by atoms with Gasteiger partial charge in [0, 0.05) is 17.2 Å². The molecule has 1 unspecified atom stereocenters. The maximum absolute atomic E-state index is 13.4.